The van der Waals surface area contributed by atoms with Crippen LogP contribution in [0.2, 0.25) is 5.02 Å². The number of pyridine rings is 1. The molecule has 0 saturated heterocycles. The van der Waals surface area contributed by atoms with Crippen molar-refractivity contribution in [2.24, 2.45) is 0 Å². The summed E-state index contributed by atoms with van der Waals surface area (Å²) in [5.41, 5.74) is 0.608. The Labute approximate surface area is 197 Å². The number of carbonyl (C=O) groups excluding carboxylic acids is 1. The van der Waals surface area contributed by atoms with Crippen LogP contribution >= 0.6 is 38.9 Å². The Morgan fingerprint density at radius 3 is 2.68 bits per heavy atom. The highest BCUT2D eigenvalue weighted by Gasteiger charge is 2.36. The number of thiazole rings is 1. The van der Waals surface area contributed by atoms with Crippen LogP contribution in [-0.4, -0.2) is 21.5 Å². The molecule has 0 aliphatic rings. The van der Waals surface area contributed by atoms with E-state index in [9.17, 15) is 4.79 Å². The molecule has 0 atom stereocenters. The van der Waals surface area contributed by atoms with E-state index in [0.717, 1.165) is 20.3 Å². The summed E-state index contributed by atoms with van der Waals surface area (Å²) in [4.78, 5) is 24.2. The van der Waals surface area contributed by atoms with Crippen molar-refractivity contribution in [1.82, 2.24) is 9.97 Å². The standard InChI is InChI=1S/C23H19BrClN3O2S/c1-23(2,30-18-8-6-17(25)7-9-18)21(29)28(14-15-4-3-11-26-13-15)22-27-19-10-5-16(24)12-20(19)31-22/h3-13H,14H2,1-2H3. The lowest BCUT2D eigenvalue weighted by molar-refractivity contribution is -0.131. The molecule has 0 saturated carbocycles. The molecule has 158 valence electrons. The van der Waals surface area contributed by atoms with Gasteiger partial charge in [0.05, 0.1) is 16.8 Å². The molecule has 8 heteroatoms. The summed E-state index contributed by atoms with van der Waals surface area (Å²) < 4.78 is 8.01. The molecule has 0 N–H and O–H groups in total. The maximum atomic E-state index is 13.7. The number of hydrogen-bond acceptors (Lipinski definition) is 5. The van der Waals surface area contributed by atoms with Gasteiger partial charge in [0.25, 0.3) is 5.91 Å². The summed E-state index contributed by atoms with van der Waals surface area (Å²) in [6.45, 7) is 3.84. The largest absolute Gasteiger partial charge is 0.478 e. The lowest BCUT2D eigenvalue weighted by Gasteiger charge is -2.31. The van der Waals surface area contributed by atoms with Crippen LogP contribution in [0.4, 0.5) is 5.13 Å². The van der Waals surface area contributed by atoms with E-state index < -0.39 is 5.60 Å². The van der Waals surface area contributed by atoms with Crippen molar-refractivity contribution in [2.45, 2.75) is 26.0 Å². The summed E-state index contributed by atoms with van der Waals surface area (Å²) in [6, 6.07) is 16.6. The number of amides is 1. The van der Waals surface area contributed by atoms with Gasteiger partial charge in [0, 0.05) is 21.9 Å². The van der Waals surface area contributed by atoms with Crippen LogP contribution < -0.4 is 9.64 Å². The van der Waals surface area contributed by atoms with Gasteiger partial charge in [-0.2, -0.15) is 0 Å². The van der Waals surface area contributed by atoms with E-state index in [-0.39, 0.29) is 5.91 Å². The SMILES string of the molecule is CC(C)(Oc1ccc(Cl)cc1)C(=O)N(Cc1cccnc1)c1nc2ccc(Br)cc2s1. The Hall–Kier alpha value is -2.48. The Bertz CT molecular complexity index is 1210. The molecule has 31 heavy (non-hydrogen) atoms. The zero-order chi connectivity index (χ0) is 22.0. The number of ether oxygens (including phenoxy) is 1. The second-order valence-electron chi connectivity index (χ2n) is 7.43. The predicted molar refractivity (Wildman–Crippen MR) is 129 cm³/mol. The van der Waals surface area contributed by atoms with Gasteiger partial charge in [-0.15, -0.1) is 0 Å². The Kier molecular flexibility index (Phi) is 6.27. The van der Waals surface area contributed by atoms with Gasteiger partial charge < -0.3 is 4.74 Å². The molecule has 0 bridgehead atoms. The number of nitrogens with zero attached hydrogens (tertiary/aromatic N) is 3. The molecule has 1 amide bonds. The number of rotatable bonds is 6. The Morgan fingerprint density at radius 2 is 1.97 bits per heavy atom. The summed E-state index contributed by atoms with van der Waals surface area (Å²) in [5.74, 6) is 0.363. The highest BCUT2D eigenvalue weighted by Crippen LogP contribution is 2.33. The zero-order valence-electron chi connectivity index (χ0n) is 16.9. The van der Waals surface area contributed by atoms with Gasteiger partial charge in [-0.3, -0.25) is 14.7 Å². The van der Waals surface area contributed by atoms with Crippen molar-refractivity contribution in [1.29, 1.82) is 0 Å². The summed E-state index contributed by atoms with van der Waals surface area (Å²) >= 11 is 10.9. The van der Waals surface area contributed by atoms with E-state index in [4.69, 9.17) is 21.3 Å². The van der Waals surface area contributed by atoms with Crippen LogP contribution in [0.15, 0.2) is 71.5 Å². The maximum absolute atomic E-state index is 13.7. The fourth-order valence-electron chi connectivity index (χ4n) is 3.07. The van der Waals surface area contributed by atoms with Gasteiger partial charge in [0.2, 0.25) is 0 Å². The van der Waals surface area contributed by atoms with Crippen molar-refractivity contribution in [3.63, 3.8) is 0 Å². The molecule has 0 radical (unpaired) electrons. The third-order valence-corrected chi connectivity index (χ3v) is 6.37. The smallest absolute Gasteiger partial charge is 0.272 e. The van der Waals surface area contributed by atoms with E-state index in [1.807, 2.05) is 30.3 Å². The number of anilines is 1. The quantitative estimate of drug-likeness (QED) is 0.294. The molecule has 2 aromatic heterocycles. The van der Waals surface area contributed by atoms with Gasteiger partial charge in [-0.1, -0.05) is 44.9 Å². The van der Waals surface area contributed by atoms with Gasteiger partial charge in [-0.05, 0) is 67.9 Å². The monoisotopic (exact) mass is 515 g/mol. The third kappa shape index (κ3) is 5.06. The fraction of sp³-hybridized carbons (Fsp3) is 0.174. The van der Waals surface area contributed by atoms with E-state index >= 15 is 0 Å². The van der Waals surface area contributed by atoms with Crippen LogP contribution in [-0.2, 0) is 11.3 Å². The van der Waals surface area contributed by atoms with E-state index in [2.05, 4.69) is 20.9 Å². The van der Waals surface area contributed by atoms with E-state index in [1.165, 1.54) is 11.3 Å². The number of aromatic nitrogens is 2. The average Bonchev–Trinajstić information content (AvgIpc) is 3.16. The number of benzene rings is 2. The molecular weight excluding hydrogens is 498 g/mol. The summed E-state index contributed by atoms with van der Waals surface area (Å²) in [6.07, 6.45) is 3.45. The molecule has 0 aliphatic carbocycles. The van der Waals surface area contributed by atoms with Gasteiger partial charge >= 0.3 is 0 Å². The number of fused-ring (bicyclic) bond motifs is 1. The van der Waals surface area contributed by atoms with Crippen molar-refractivity contribution in [3.05, 3.63) is 82.0 Å². The molecule has 0 spiro atoms. The minimum absolute atomic E-state index is 0.204. The molecule has 2 heterocycles. The second-order valence-corrected chi connectivity index (χ2v) is 9.79. The number of hydrogen-bond donors (Lipinski definition) is 0. The van der Waals surface area contributed by atoms with Crippen molar-refractivity contribution >= 4 is 60.1 Å². The highest BCUT2D eigenvalue weighted by atomic mass is 79.9. The van der Waals surface area contributed by atoms with Crippen LogP contribution in [0.5, 0.6) is 5.75 Å². The molecule has 4 rings (SSSR count). The molecule has 0 aliphatic heterocycles. The molecule has 0 unspecified atom stereocenters. The second kappa shape index (κ2) is 8.94. The van der Waals surface area contributed by atoms with Crippen LogP contribution in [0.1, 0.15) is 19.4 Å². The first-order valence-corrected chi connectivity index (χ1v) is 11.5. The van der Waals surface area contributed by atoms with Gasteiger partial charge in [0.15, 0.2) is 10.7 Å². The van der Waals surface area contributed by atoms with Crippen LogP contribution in [0.3, 0.4) is 0 Å². The Morgan fingerprint density at radius 1 is 1.19 bits per heavy atom. The van der Waals surface area contributed by atoms with Crippen molar-refractivity contribution in [3.8, 4) is 5.75 Å². The van der Waals surface area contributed by atoms with Crippen LogP contribution in [0, 0.1) is 0 Å². The fourth-order valence-corrected chi connectivity index (χ4v) is 4.71. The summed E-state index contributed by atoms with van der Waals surface area (Å²) in [5, 5.41) is 1.21. The number of carbonyl (C=O) groups is 1. The predicted octanol–water partition coefficient (Wildman–Crippen LogP) is 6.50. The van der Waals surface area contributed by atoms with Gasteiger partial charge in [-0.25, -0.2) is 4.98 Å². The summed E-state index contributed by atoms with van der Waals surface area (Å²) in [7, 11) is 0. The molecule has 5 nitrogen and oxygen atoms in total. The molecule has 0 fully saturated rings. The first-order valence-electron chi connectivity index (χ1n) is 9.53. The van der Waals surface area contributed by atoms with E-state index in [1.54, 1.807) is 55.4 Å². The first kappa shape index (κ1) is 21.7. The van der Waals surface area contributed by atoms with Crippen molar-refractivity contribution < 1.29 is 9.53 Å². The highest BCUT2D eigenvalue weighted by molar-refractivity contribution is 9.10. The normalized spacial score (nSPS) is 11.5. The zero-order valence-corrected chi connectivity index (χ0v) is 20.0. The maximum Gasteiger partial charge on any atom is 0.272 e. The topological polar surface area (TPSA) is 55.3 Å². The molecule has 4 aromatic rings. The lowest BCUT2D eigenvalue weighted by Crippen LogP contribution is -2.48. The minimum Gasteiger partial charge on any atom is -0.478 e. The minimum atomic E-state index is -1.13. The third-order valence-electron chi connectivity index (χ3n) is 4.58. The van der Waals surface area contributed by atoms with Crippen molar-refractivity contribution in [2.75, 3.05) is 4.90 Å². The molecule has 2 aromatic carbocycles. The van der Waals surface area contributed by atoms with Crippen LogP contribution in [0.25, 0.3) is 10.2 Å². The number of halogens is 2. The Balaban J connectivity index is 1.69. The van der Waals surface area contributed by atoms with E-state index in [0.29, 0.717) is 22.4 Å². The molecular formula is C23H19BrClN3O2S. The average molecular weight is 517 g/mol. The first-order chi connectivity index (χ1) is 14.8. The lowest BCUT2D eigenvalue weighted by atomic mass is 10.1. The van der Waals surface area contributed by atoms with Gasteiger partial charge in [0.1, 0.15) is 5.75 Å².